The smallest absolute Gasteiger partial charge is 0.149 e. The highest BCUT2D eigenvalue weighted by Crippen LogP contribution is 2.31. The van der Waals surface area contributed by atoms with E-state index in [9.17, 15) is 4.79 Å². The maximum absolute atomic E-state index is 10.8. The van der Waals surface area contributed by atoms with E-state index in [2.05, 4.69) is 5.32 Å². The van der Waals surface area contributed by atoms with Crippen molar-refractivity contribution in [2.45, 2.75) is 18.9 Å². The quantitative estimate of drug-likeness (QED) is 0.536. The molecule has 2 heterocycles. The molecule has 2 bridgehead atoms. The molecule has 0 atom stereocenters. The molecule has 0 radical (unpaired) electrons. The second-order valence-electron chi connectivity index (χ2n) is 2.71. The van der Waals surface area contributed by atoms with Crippen molar-refractivity contribution in [2.75, 3.05) is 6.54 Å². The molecule has 9 heavy (non-hydrogen) atoms. The number of carbonyl (C=O) groups is 1. The van der Waals surface area contributed by atoms with Crippen LogP contribution >= 0.6 is 12.4 Å². The number of carbonyl (C=O) groups excluding carboxylic acids is 1. The Morgan fingerprint density at radius 1 is 1.44 bits per heavy atom. The predicted octanol–water partition coefficient (Wildman–Crippen LogP) is 0.359. The van der Waals surface area contributed by atoms with Gasteiger partial charge >= 0.3 is 0 Å². The van der Waals surface area contributed by atoms with Crippen LogP contribution < -0.4 is 5.32 Å². The van der Waals surface area contributed by atoms with Crippen molar-refractivity contribution in [3.05, 3.63) is 0 Å². The minimum atomic E-state index is 0. The normalized spacial score (nSPS) is 38.9. The van der Waals surface area contributed by atoms with Crippen LogP contribution in [-0.4, -0.2) is 18.4 Å². The summed E-state index contributed by atoms with van der Waals surface area (Å²) in [7, 11) is 0. The summed E-state index contributed by atoms with van der Waals surface area (Å²) in [6.07, 6.45) is 2.22. The number of rotatable bonds is 0. The second-order valence-corrected chi connectivity index (χ2v) is 2.71. The molecule has 0 aromatic heterocycles. The van der Waals surface area contributed by atoms with E-state index in [0.29, 0.717) is 24.3 Å². The summed E-state index contributed by atoms with van der Waals surface area (Å²) in [6, 6.07) is 0.692. The molecule has 3 fully saturated rings. The first kappa shape index (κ1) is 7.03. The number of hydrogen-bond donors (Lipinski definition) is 1. The Morgan fingerprint density at radius 3 is 2.33 bits per heavy atom. The second kappa shape index (κ2) is 2.27. The topological polar surface area (TPSA) is 29.1 Å². The van der Waals surface area contributed by atoms with Gasteiger partial charge in [-0.1, -0.05) is 0 Å². The number of ketones is 1. The van der Waals surface area contributed by atoms with E-state index < -0.39 is 0 Å². The van der Waals surface area contributed by atoms with Crippen molar-refractivity contribution >= 4 is 18.2 Å². The van der Waals surface area contributed by atoms with Crippen LogP contribution in [0.3, 0.4) is 0 Å². The van der Waals surface area contributed by atoms with Crippen LogP contribution in [0.1, 0.15) is 12.8 Å². The van der Waals surface area contributed by atoms with E-state index in [0.717, 1.165) is 12.8 Å². The highest BCUT2D eigenvalue weighted by Gasteiger charge is 2.38. The Bertz CT molecular complexity index is 128. The van der Waals surface area contributed by atoms with Crippen LogP contribution in [0.25, 0.3) is 0 Å². The lowest BCUT2D eigenvalue weighted by molar-refractivity contribution is -0.128. The van der Waals surface area contributed by atoms with Crippen LogP contribution in [0.4, 0.5) is 0 Å². The van der Waals surface area contributed by atoms with Crippen molar-refractivity contribution in [3.63, 3.8) is 0 Å². The zero-order chi connectivity index (χ0) is 5.56. The summed E-state index contributed by atoms with van der Waals surface area (Å²) in [6.45, 7) is 0.634. The van der Waals surface area contributed by atoms with Gasteiger partial charge in [0.15, 0.2) is 0 Å². The third kappa shape index (κ3) is 0.970. The molecule has 1 aliphatic carbocycles. The zero-order valence-electron chi connectivity index (χ0n) is 5.09. The molecule has 1 N–H and O–H groups in total. The van der Waals surface area contributed by atoms with Gasteiger partial charge in [-0.2, -0.15) is 0 Å². The Kier molecular flexibility index (Phi) is 1.78. The molecule has 3 heteroatoms. The van der Waals surface area contributed by atoms with E-state index in [1.165, 1.54) is 0 Å². The first-order valence-corrected chi connectivity index (χ1v) is 3.12. The van der Waals surface area contributed by atoms with Gasteiger partial charge in [0.05, 0.1) is 6.54 Å². The van der Waals surface area contributed by atoms with Gasteiger partial charge in [-0.25, -0.2) is 0 Å². The lowest BCUT2D eigenvalue weighted by Gasteiger charge is -2.40. The van der Waals surface area contributed by atoms with E-state index >= 15 is 0 Å². The van der Waals surface area contributed by atoms with E-state index in [-0.39, 0.29) is 12.4 Å². The van der Waals surface area contributed by atoms with Gasteiger partial charge in [0, 0.05) is 12.0 Å². The zero-order valence-corrected chi connectivity index (χ0v) is 5.91. The van der Waals surface area contributed by atoms with Crippen LogP contribution in [0, 0.1) is 5.92 Å². The first-order chi connectivity index (χ1) is 3.86. The molecule has 2 nitrogen and oxygen atoms in total. The van der Waals surface area contributed by atoms with Crippen molar-refractivity contribution in [3.8, 4) is 0 Å². The van der Waals surface area contributed by atoms with Crippen molar-refractivity contribution in [1.29, 1.82) is 0 Å². The molecular formula is C6H10ClNO. The lowest BCUT2D eigenvalue weighted by atomic mass is 9.74. The molecular weight excluding hydrogens is 138 g/mol. The molecule has 2 aliphatic heterocycles. The molecule has 52 valence electrons. The van der Waals surface area contributed by atoms with Gasteiger partial charge < -0.3 is 5.32 Å². The fraction of sp³-hybridized carbons (Fsp3) is 0.833. The van der Waals surface area contributed by atoms with Crippen LogP contribution in [0.2, 0.25) is 0 Å². The molecule has 1 saturated carbocycles. The lowest BCUT2D eigenvalue weighted by Crippen LogP contribution is -2.54. The third-order valence-corrected chi connectivity index (χ3v) is 2.16. The molecule has 0 aromatic rings. The number of hydrogen-bond acceptors (Lipinski definition) is 2. The molecule has 0 unspecified atom stereocenters. The third-order valence-electron chi connectivity index (χ3n) is 2.16. The summed E-state index contributed by atoms with van der Waals surface area (Å²) in [5.74, 6) is 0.869. The van der Waals surface area contributed by atoms with Gasteiger partial charge in [0.1, 0.15) is 5.78 Å². The Morgan fingerprint density at radius 2 is 2.11 bits per heavy atom. The van der Waals surface area contributed by atoms with Gasteiger partial charge in [-0.3, -0.25) is 4.79 Å². The van der Waals surface area contributed by atoms with Crippen LogP contribution in [-0.2, 0) is 4.79 Å². The number of fused-ring (bicyclic) bond motifs is 2. The highest BCUT2D eigenvalue weighted by molar-refractivity contribution is 5.85. The van der Waals surface area contributed by atoms with Gasteiger partial charge in [0.25, 0.3) is 0 Å². The molecule has 0 spiro atoms. The van der Waals surface area contributed by atoms with Crippen molar-refractivity contribution in [2.24, 2.45) is 5.92 Å². The number of Topliss-reactive ketones (excluding diaryl/α,β-unsaturated/α-hetero) is 1. The minimum absolute atomic E-state index is 0. The summed E-state index contributed by atoms with van der Waals surface area (Å²) in [5.41, 5.74) is 0. The maximum Gasteiger partial charge on any atom is 0.149 e. The molecule has 3 rings (SSSR count). The van der Waals surface area contributed by atoms with E-state index in [4.69, 9.17) is 0 Å². The largest absolute Gasteiger partial charge is 0.307 e. The van der Waals surface area contributed by atoms with Crippen molar-refractivity contribution in [1.82, 2.24) is 5.32 Å². The first-order valence-electron chi connectivity index (χ1n) is 3.12. The van der Waals surface area contributed by atoms with Crippen LogP contribution in [0.15, 0.2) is 0 Å². The SMILES string of the molecule is Cl.O=C1CNC2CC1C2. The molecule has 2 saturated heterocycles. The summed E-state index contributed by atoms with van der Waals surface area (Å²) < 4.78 is 0. The van der Waals surface area contributed by atoms with E-state index in [1.807, 2.05) is 0 Å². The minimum Gasteiger partial charge on any atom is -0.307 e. The predicted molar refractivity (Wildman–Crippen MR) is 36.8 cm³/mol. The number of halogens is 1. The molecule has 3 aliphatic rings. The standard InChI is InChI=1S/C6H9NO.ClH/c8-6-3-7-5-1-4(6)2-5;/h4-5,7H,1-3H2;1H. The Labute approximate surface area is 60.4 Å². The average molecular weight is 148 g/mol. The number of piperidine rings is 2. The fourth-order valence-corrected chi connectivity index (χ4v) is 1.44. The Balaban J connectivity index is 0.000000405. The number of nitrogens with one attached hydrogen (secondary N) is 1. The summed E-state index contributed by atoms with van der Waals surface area (Å²) in [5, 5.41) is 3.15. The maximum atomic E-state index is 10.8. The molecule has 0 aromatic carbocycles. The van der Waals surface area contributed by atoms with Crippen LogP contribution in [0.5, 0.6) is 0 Å². The fourth-order valence-electron chi connectivity index (χ4n) is 1.44. The summed E-state index contributed by atoms with van der Waals surface area (Å²) >= 11 is 0. The monoisotopic (exact) mass is 147 g/mol. The van der Waals surface area contributed by atoms with Gasteiger partial charge in [-0.05, 0) is 12.8 Å². The van der Waals surface area contributed by atoms with Gasteiger partial charge in [-0.15, -0.1) is 12.4 Å². The molecule has 0 amide bonds. The highest BCUT2D eigenvalue weighted by atomic mass is 35.5. The van der Waals surface area contributed by atoms with Crippen molar-refractivity contribution < 1.29 is 4.79 Å². The summed E-state index contributed by atoms with van der Waals surface area (Å²) in [4.78, 5) is 10.8. The average Bonchev–Trinajstić information content (AvgIpc) is 1.62. The Hall–Kier alpha value is -0.0800. The van der Waals surface area contributed by atoms with E-state index in [1.54, 1.807) is 0 Å². The van der Waals surface area contributed by atoms with Gasteiger partial charge in [0.2, 0.25) is 0 Å².